The summed E-state index contributed by atoms with van der Waals surface area (Å²) in [5, 5.41) is 37.1. The van der Waals surface area contributed by atoms with Crippen LogP contribution >= 0.6 is 0 Å². The molecule has 20 heavy (non-hydrogen) atoms. The van der Waals surface area contributed by atoms with Crippen LogP contribution in [0.2, 0.25) is 0 Å². The first-order valence-electron chi connectivity index (χ1n) is 6.72. The summed E-state index contributed by atoms with van der Waals surface area (Å²) in [5.41, 5.74) is -3.21. The van der Waals surface area contributed by atoms with Crippen LogP contribution in [0.25, 0.3) is 0 Å². The molecule has 1 saturated carbocycles. The Bertz CT molecular complexity index is 596. The number of nitriles is 3. The Morgan fingerprint density at radius 2 is 1.90 bits per heavy atom. The van der Waals surface area contributed by atoms with Gasteiger partial charge in [-0.1, -0.05) is 6.42 Å². The minimum atomic E-state index is -1.64. The largest absolute Gasteiger partial charge is 0.447 e. The molecule has 0 aromatic carbocycles. The summed E-state index contributed by atoms with van der Waals surface area (Å²) in [6.45, 7) is 1.65. The summed E-state index contributed by atoms with van der Waals surface area (Å²) >= 11 is 0. The van der Waals surface area contributed by atoms with E-state index in [1.165, 1.54) is 0 Å². The molecule has 0 radical (unpaired) electrons. The highest BCUT2D eigenvalue weighted by atomic mass is 16.7. The van der Waals surface area contributed by atoms with E-state index in [1.54, 1.807) is 6.92 Å². The van der Waals surface area contributed by atoms with Gasteiger partial charge < -0.3 is 9.47 Å². The fourth-order valence-electron chi connectivity index (χ4n) is 4.13. The summed E-state index contributed by atoms with van der Waals surface area (Å²) in [6.07, 6.45) is 2.18. The Morgan fingerprint density at radius 1 is 1.20 bits per heavy atom. The number of fused-ring (bicyclic) bond motifs is 2. The average Bonchev–Trinajstić information content (AvgIpc) is 2.45. The van der Waals surface area contributed by atoms with Gasteiger partial charge in [0.15, 0.2) is 10.8 Å². The molecule has 0 aromatic heterocycles. The van der Waals surface area contributed by atoms with Crippen molar-refractivity contribution in [1.29, 1.82) is 21.2 Å². The second-order valence-corrected chi connectivity index (χ2v) is 5.75. The third-order valence-electron chi connectivity index (χ3n) is 5.09. The Hall–Kier alpha value is -2.10. The molecule has 6 nitrogen and oxygen atoms in total. The monoisotopic (exact) mass is 270 g/mol. The van der Waals surface area contributed by atoms with Crippen LogP contribution in [0.15, 0.2) is 0 Å². The van der Waals surface area contributed by atoms with E-state index in [-0.39, 0.29) is 5.90 Å². The van der Waals surface area contributed by atoms with Crippen LogP contribution in [-0.4, -0.2) is 17.8 Å². The Morgan fingerprint density at radius 3 is 2.45 bits per heavy atom. The van der Waals surface area contributed by atoms with Crippen molar-refractivity contribution in [3.63, 3.8) is 0 Å². The third kappa shape index (κ3) is 1.05. The Labute approximate surface area is 117 Å². The lowest BCUT2D eigenvalue weighted by Crippen LogP contribution is -2.75. The maximum absolute atomic E-state index is 9.70. The molecule has 6 heteroatoms. The van der Waals surface area contributed by atoms with Crippen LogP contribution in [0, 0.1) is 56.2 Å². The molecule has 4 atom stereocenters. The minimum absolute atomic E-state index is 0.292. The van der Waals surface area contributed by atoms with E-state index in [2.05, 4.69) is 12.1 Å². The lowest BCUT2D eigenvalue weighted by molar-refractivity contribution is -0.353. The maximum Gasteiger partial charge on any atom is 0.217 e. The van der Waals surface area contributed by atoms with Crippen molar-refractivity contribution < 1.29 is 9.47 Å². The molecular weight excluding hydrogens is 256 g/mol. The maximum atomic E-state index is 9.70. The van der Waals surface area contributed by atoms with Gasteiger partial charge in [0.25, 0.3) is 0 Å². The summed E-state index contributed by atoms with van der Waals surface area (Å²) in [4.78, 5) is 0. The molecule has 0 aromatic rings. The van der Waals surface area contributed by atoms with Crippen molar-refractivity contribution in [3.05, 3.63) is 0 Å². The lowest BCUT2D eigenvalue weighted by Gasteiger charge is -2.63. The van der Waals surface area contributed by atoms with E-state index in [4.69, 9.17) is 14.9 Å². The smallest absolute Gasteiger partial charge is 0.217 e. The third-order valence-corrected chi connectivity index (χ3v) is 5.09. The van der Waals surface area contributed by atoms with Gasteiger partial charge in [0, 0.05) is 6.42 Å². The van der Waals surface area contributed by atoms with E-state index < -0.39 is 28.6 Å². The quantitative estimate of drug-likeness (QED) is 0.721. The van der Waals surface area contributed by atoms with Crippen LogP contribution < -0.4 is 0 Å². The second-order valence-electron chi connectivity index (χ2n) is 5.75. The molecule has 0 unspecified atom stereocenters. The van der Waals surface area contributed by atoms with Crippen LogP contribution in [0.4, 0.5) is 0 Å². The van der Waals surface area contributed by atoms with Gasteiger partial charge in [-0.15, -0.1) is 0 Å². The zero-order chi connectivity index (χ0) is 14.6. The highest BCUT2D eigenvalue weighted by Crippen LogP contribution is 2.65. The molecule has 3 saturated heterocycles. The topological polar surface area (TPSA) is 114 Å². The molecule has 3 aliphatic heterocycles. The Balaban J connectivity index is 2.31. The van der Waals surface area contributed by atoms with Crippen molar-refractivity contribution in [2.45, 2.75) is 44.5 Å². The SMILES string of the molecule is C[C@H]1O[C@@]23CCCC[C@H]2C(C#N)(C#N)[C@@]1(C#N)C(=N)O3. The number of ether oxygens (including phenoxy) is 2. The fraction of sp³-hybridized carbons (Fsp3) is 0.714. The molecule has 4 rings (SSSR count). The number of rotatable bonds is 0. The van der Waals surface area contributed by atoms with Gasteiger partial charge in [-0.05, 0) is 19.8 Å². The molecule has 3 heterocycles. The number of nitrogens with one attached hydrogen (secondary N) is 1. The fourth-order valence-corrected chi connectivity index (χ4v) is 4.13. The van der Waals surface area contributed by atoms with Gasteiger partial charge in [0.05, 0.1) is 30.2 Å². The van der Waals surface area contributed by atoms with E-state index >= 15 is 0 Å². The highest BCUT2D eigenvalue weighted by molar-refractivity contribution is 5.88. The van der Waals surface area contributed by atoms with Crippen LogP contribution in [0.3, 0.4) is 0 Å². The zero-order valence-corrected chi connectivity index (χ0v) is 11.1. The number of nitrogens with zero attached hydrogens (tertiary/aromatic N) is 3. The van der Waals surface area contributed by atoms with E-state index in [0.29, 0.717) is 12.8 Å². The van der Waals surface area contributed by atoms with Crippen LogP contribution in [0.1, 0.15) is 32.6 Å². The average molecular weight is 270 g/mol. The minimum Gasteiger partial charge on any atom is -0.447 e. The molecule has 2 bridgehead atoms. The van der Waals surface area contributed by atoms with Crippen molar-refractivity contribution in [2.75, 3.05) is 0 Å². The second kappa shape index (κ2) is 3.72. The summed E-state index contributed by atoms with van der Waals surface area (Å²) in [7, 11) is 0. The number of hydrogen-bond acceptors (Lipinski definition) is 6. The summed E-state index contributed by atoms with van der Waals surface area (Å²) in [5.74, 6) is -1.86. The van der Waals surface area contributed by atoms with Crippen LogP contribution in [0.5, 0.6) is 0 Å². The van der Waals surface area contributed by atoms with Gasteiger partial charge in [-0.3, -0.25) is 5.41 Å². The van der Waals surface area contributed by atoms with Gasteiger partial charge in [0.1, 0.15) is 0 Å². The molecular formula is C14H14N4O2. The molecule has 4 fully saturated rings. The lowest BCUT2D eigenvalue weighted by atomic mass is 9.49. The van der Waals surface area contributed by atoms with Crippen molar-refractivity contribution >= 4 is 5.90 Å². The first-order chi connectivity index (χ1) is 9.53. The van der Waals surface area contributed by atoms with Gasteiger partial charge >= 0.3 is 0 Å². The highest BCUT2D eigenvalue weighted by Gasteiger charge is 2.79. The standard InChI is InChI=1S/C14H14N4O2/c1-9-13(8-17)11(18)20-14(19-9)5-3-2-4-10(14)12(13,6-15)7-16/h9-10,18H,2-5H2,1H3/t9-,10+,13-,14-/m1/s1. The van der Waals surface area contributed by atoms with E-state index in [0.717, 1.165) is 12.8 Å². The van der Waals surface area contributed by atoms with Gasteiger partial charge in [-0.2, -0.15) is 15.8 Å². The predicted molar refractivity (Wildman–Crippen MR) is 65.8 cm³/mol. The summed E-state index contributed by atoms with van der Waals surface area (Å²) < 4.78 is 11.5. The van der Waals surface area contributed by atoms with Crippen molar-refractivity contribution in [1.82, 2.24) is 0 Å². The molecule has 102 valence electrons. The molecule has 0 amide bonds. The van der Waals surface area contributed by atoms with Crippen molar-refractivity contribution in [2.24, 2.45) is 16.7 Å². The van der Waals surface area contributed by atoms with E-state index in [9.17, 15) is 15.8 Å². The van der Waals surface area contributed by atoms with Gasteiger partial charge in [-0.25, -0.2) is 0 Å². The first-order valence-corrected chi connectivity index (χ1v) is 6.72. The van der Waals surface area contributed by atoms with Crippen molar-refractivity contribution in [3.8, 4) is 18.2 Å². The normalized spacial score (nSPS) is 44.4. The predicted octanol–water partition coefficient (Wildman–Crippen LogP) is 1.84. The molecule has 1 N–H and O–H groups in total. The molecule has 1 aliphatic carbocycles. The molecule has 1 spiro atoms. The zero-order valence-electron chi connectivity index (χ0n) is 11.1. The van der Waals surface area contributed by atoms with Gasteiger partial charge in [0.2, 0.25) is 11.7 Å². The first kappa shape index (κ1) is 12.9. The molecule has 4 aliphatic rings. The van der Waals surface area contributed by atoms with E-state index in [1.807, 2.05) is 6.07 Å². The number of hydrogen-bond donors (Lipinski definition) is 1. The summed E-state index contributed by atoms with van der Waals surface area (Å²) in [6, 6.07) is 6.13. The Kier molecular flexibility index (Phi) is 2.40. The van der Waals surface area contributed by atoms with Crippen LogP contribution in [-0.2, 0) is 9.47 Å².